The Morgan fingerprint density at radius 2 is 1.75 bits per heavy atom. The van der Waals surface area contributed by atoms with E-state index in [2.05, 4.69) is 0 Å². The van der Waals surface area contributed by atoms with Gasteiger partial charge in [0, 0.05) is 5.02 Å². The average molecular weight is 294 g/mol. The molecule has 2 fully saturated rings. The molecule has 1 heterocycles. The van der Waals surface area contributed by atoms with Crippen LogP contribution in [0.1, 0.15) is 6.92 Å². The van der Waals surface area contributed by atoms with E-state index in [9.17, 15) is 14.4 Å². The van der Waals surface area contributed by atoms with E-state index in [0.717, 1.165) is 4.90 Å². The minimum Gasteiger partial charge on any atom is -0.466 e. The van der Waals surface area contributed by atoms with Gasteiger partial charge < -0.3 is 4.74 Å². The second-order valence-electron chi connectivity index (χ2n) is 4.82. The van der Waals surface area contributed by atoms with Gasteiger partial charge in [-0.05, 0) is 31.2 Å². The molecule has 20 heavy (non-hydrogen) atoms. The van der Waals surface area contributed by atoms with Crippen LogP contribution in [0.4, 0.5) is 5.69 Å². The molecular weight excluding hydrogens is 282 g/mol. The summed E-state index contributed by atoms with van der Waals surface area (Å²) >= 11 is 5.78. The smallest absolute Gasteiger partial charge is 0.310 e. The monoisotopic (exact) mass is 293 g/mol. The van der Waals surface area contributed by atoms with E-state index in [1.165, 1.54) is 0 Å². The second-order valence-corrected chi connectivity index (χ2v) is 5.25. The lowest BCUT2D eigenvalue weighted by Gasteiger charge is -2.18. The van der Waals surface area contributed by atoms with E-state index in [-0.39, 0.29) is 18.4 Å². The third kappa shape index (κ3) is 1.81. The lowest BCUT2D eigenvalue weighted by atomic mass is 10.2. The largest absolute Gasteiger partial charge is 0.466 e. The van der Waals surface area contributed by atoms with Crippen molar-refractivity contribution in [2.45, 2.75) is 6.92 Å². The van der Waals surface area contributed by atoms with Crippen molar-refractivity contribution in [3.05, 3.63) is 29.3 Å². The maximum absolute atomic E-state index is 12.2. The Labute approximate surface area is 120 Å². The summed E-state index contributed by atoms with van der Waals surface area (Å²) in [5.41, 5.74) is 0.485. The molecule has 3 atom stereocenters. The molecule has 0 spiro atoms. The van der Waals surface area contributed by atoms with Crippen molar-refractivity contribution in [1.29, 1.82) is 0 Å². The highest BCUT2D eigenvalue weighted by Gasteiger charge is 2.71. The fourth-order valence-corrected chi connectivity index (χ4v) is 2.83. The molecule has 5 nitrogen and oxygen atoms in total. The first-order valence-corrected chi connectivity index (χ1v) is 6.74. The maximum Gasteiger partial charge on any atom is 0.310 e. The Balaban J connectivity index is 1.80. The quantitative estimate of drug-likeness (QED) is 0.628. The van der Waals surface area contributed by atoms with Crippen molar-refractivity contribution < 1.29 is 19.1 Å². The minimum atomic E-state index is -0.599. The predicted molar refractivity (Wildman–Crippen MR) is 71.0 cm³/mol. The van der Waals surface area contributed by atoms with Gasteiger partial charge in [-0.2, -0.15) is 0 Å². The van der Waals surface area contributed by atoms with Gasteiger partial charge in [-0.3, -0.25) is 19.3 Å². The molecule has 1 saturated carbocycles. The molecule has 1 saturated heterocycles. The molecule has 0 aromatic heterocycles. The summed E-state index contributed by atoms with van der Waals surface area (Å²) < 4.78 is 4.88. The van der Waals surface area contributed by atoms with Crippen LogP contribution in [0.2, 0.25) is 5.02 Å². The molecular formula is C14H12ClNO4. The molecule has 6 heteroatoms. The molecule has 0 bridgehead atoms. The number of rotatable bonds is 3. The maximum atomic E-state index is 12.2. The van der Waals surface area contributed by atoms with Crippen LogP contribution >= 0.6 is 11.6 Å². The number of carbonyl (C=O) groups excluding carboxylic acids is 3. The number of carbonyl (C=O) groups is 3. The van der Waals surface area contributed by atoms with E-state index < -0.39 is 23.7 Å². The van der Waals surface area contributed by atoms with E-state index in [4.69, 9.17) is 16.3 Å². The molecule has 0 N–H and O–H groups in total. The number of ether oxygens (including phenoxy) is 1. The van der Waals surface area contributed by atoms with Crippen molar-refractivity contribution in [3.63, 3.8) is 0 Å². The van der Waals surface area contributed by atoms with Crippen molar-refractivity contribution in [2.24, 2.45) is 17.8 Å². The Morgan fingerprint density at radius 3 is 2.25 bits per heavy atom. The summed E-state index contributed by atoms with van der Waals surface area (Å²) in [6.45, 7) is 1.94. The van der Waals surface area contributed by atoms with Crippen LogP contribution in [0.5, 0.6) is 0 Å². The van der Waals surface area contributed by atoms with E-state index in [1.54, 1.807) is 31.2 Å². The van der Waals surface area contributed by atoms with E-state index in [0.29, 0.717) is 10.7 Å². The van der Waals surface area contributed by atoms with Gasteiger partial charge in [-0.1, -0.05) is 11.6 Å². The predicted octanol–water partition coefficient (Wildman–Crippen LogP) is 1.64. The highest BCUT2D eigenvalue weighted by atomic mass is 35.5. The number of halogens is 1. The number of nitrogens with zero attached hydrogens (tertiary/aromatic N) is 1. The summed E-state index contributed by atoms with van der Waals surface area (Å²) in [4.78, 5) is 37.2. The zero-order valence-electron chi connectivity index (χ0n) is 10.7. The number of piperidine rings is 1. The molecule has 1 unspecified atom stereocenters. The number of hydrogen-bond acceptors (Lipinski definition) is 4. The molecule has 3 rings (SSSR count). The molecule has 2 amide bonds. The molecule has 1 aromatic rings. The Hall–Kier alpha value is -1.88. The van der Waals surface area contributed by atoms with Gasteiger partial charge >= 0.3 is 5.97 Å². The molecule has 1 aliphatic heterocycles. The highest BCUT2D eigenvalue weighted by molar-refractivity contribution is 6.31. The topological polar surface area (TPSA) is 63.7 Å². The van der Waals surface area contributed by atoms with Crippen molar-refractivity contribution in [3.8, 4) is 0 Å². The van der Waals surface area contributed by atoms with Crippen LogP contribution in [-0.2, 0) is 19.1 Å². The van der Waals surface area contributed by atoms with Crippen molar-refractivity contribution in [1.82, 2.24) is 0 Å². The minimum absolute atomic E-state index is 0.248. The van der Waals surface area contributed by atoms with Gasteiger partial charge in [0.25, 0.3) is 0 Å². The van der Waals surface area contributed by atoms with Crippen LogP contribution in [0.15, 0.2) is 24.3 Å². The van der Waals surface area contributed by atoms with Gasteiger partial charge in [0.15, 0.2) is 0 Å². The number of amides is 2. The molecule has 104 valence electrons. The van der Waals surface area contributed by atoms with Crippen LogP contribution in [0.25, 0.3) is 0 Å². The number of esters is 1. The van der Waals surface area contributed by atoms with Crippen LogP contribution in [0.3, 0.4) is 0 Å². The average Bonchev–Trinajstić information content (AvgIpc) is 3.11. The fraction of sp³-hybridized carbons (Fsp3) is 0.357. The van der Waals surface area contributed by atoms with Crippen molar-refractivity contribution in [2.75, 3.05) is 11.5 Å². The normalized spacial score (nSPS) is 27.5. The standard InChI is InChI=1S/C14H12ClNO4/c1-2-20-14(19)11-9-10(11)13(18)16(12(9)17)8-5-3-7(15)4-6-8/h3-6,9-11H,2H2,1H3/t9-,10+,11?. The lowest BCUT2D eigenvalue weighted by molar-refractivity contribution is -0.147. The SMILES string of the molecule is CCOC(=O)C1[C@H]2C(=O)N(c3ccc(Cl)cc3)C(=O)[C@@H]12. The van der Waals surface area contributed by atoms with Gasteiger partial charge in [-0.25, -0.2) is 0 Å². The number of benzene rings is 1. The number of imide groups is 1. The molecule has 2 aliphatic rings. The van der Waals surface area contributed by atoms with Crippen LogP contribution in [0, 0.1) is 17.8 Å². The first-order valence-electron chi connectivity index (χ1n) is 6.36. The summed E-state index contributed by atoms with van der Waals surface area (Å²) in [6, 6.07) is 6.46. The second kappa shape index (κ2) is 4.59. The molecule has 0 radical (unpaired) electrons. The van der Waals surface area contributed by atoms with Crippen molar-refractivity contribution >= 4 is 35.1 Å². The first-order chi connectivity index (χ1) is 9.56. The fourth-order valence-electron chi connectivity index (χ4n) is 2.71. The lowest BCUT2D eigenvalue weighted by Crippen LogP contribution is -2.36. The number of anilines is 1. The van der Waals surface area contributed by atoms with Gasteiger partial charge in [0.2, 0.25) is 11.8 Å². The summed E-state index contributed by atoms with van der Waals surface area (Å²) in [5, 5.41) is 0.530. The molecule has 1 aromatic carbocycles. The highest BCUT2D eigenvalue weighted by Crippen LogP contribution is 2.54. The van der Waals surface area contributed by atoms with Gasteiger partial charge in [-0.15, -0.1) is 0 Å². The Morgan fingerprint density at radius 1 is 1.20 bits per heavy atom. The third-order valence-electron chi connectivity index (χ3n) is 3.67. The summed E-state index contributed by atoms with van der Waals surface area (Å²) in [7, 11) is 0. The zero-order chi connectivity index (χ0) is 14.4. The first kappa shape index (κ1) is 13.1. The van der Waals surface area contributed by atoms with Gasteiger partial charge in [0.1, 0.15) is 0 Å². The number of fused-ring (bicyclic) bond motifs is 1. The summed E-state index contributed by atoms with van der Waals surface area (Å²) in [5.74, 6) is -2.84. The zero-order valence-corrected chi connectivity index (χ0v) is 11.5. The van der Waals surface area contributed by atoms with E-state index >= 15 is 0 Å². The van der Waals surface area contributed by atoms with Gasteiger partial charge in [0.05, 0.1) is 30.0 Å². The Kier molecular flexibility index (Phi) is 3.01. The van der Waals surface area contributed by atoms with Crippen LogP contribution in [-0.4, -0.2) is 24.4 Å². The molecule has 1 aliphatic carbocycles. The Bertz CT molecular complexity index is 576. The van der Waals surface area contributed by atoms with Crippen LogP contribution < -0.4 is 4.90 Å². The number of hydrogen-bond donors (Lipinski definition) is 0. The van der Waals surface area contributed by atoms with E-state index in [1.807, 2.05) is 0 Å². The summed E-state index contributed by atoms with van der Waals surface area (Å²) in [6.07, 6.45) is 0. The third-order valence-corrected chi connectivity index (χ3v) is 3.93.